The molecule has 0 fully saturated rings. The first kappa shape index (κ1) is 14.6. The largest absolute Gasteiger partial charge is 0.476 e. The predicted molar refractivity (Wildman–Crippen MR) is 66.9 cm³/mol. The lowest BCUT2D eigenvalue weighted by atomic mass is 10.2. The number of hydrogen-bond donors (Lipinski definition) is 2. The maximum Gasteiger partial charge on any atom is 0.356 e. The first-order valence-corrected chi connectivity index (χ1v) is 7.45. The Morgan fingerprint density at radius 3 is 2.89 bits per heavy atom. The molecule has 0 saturated carbocycles. The zero-order valence-corrected chi connectivity index (χ0v) is 11.1. The number of nitrogens with one attached hydrogen (secondary N) is 1. The Kier molecular flexibility index (Phi) is 5.27. The Morgan fingerprint density at radius 2 is 2.28 bits per heavy atom. The van der Waals surface area contributed by atoms with E-state index in [4.69, 9.17) is 11.5 Å². The van der Waals surface area contributed by atoms with Crippen molar-refractivity contribution in [1.82, 2.24) is 9.71 Å². The van der Waals surface area contributed by atoms with Gasteiger partial charge in [-0.1, -0.05) is 0 Å². The maximum absolute atomic E-state index is 11.8. The van der Waals surface area contributed by atoms with E-state index in [1.165, 1.54) is 5.51 Å². The Morgan fingerprint density at radius 1 is 1.56 bits per heavy atom. The van der Waals surface area contributed by atoms with Gasteiger partial charge in [-0.05, 0) is 12.8 Å². The van der Waals surface area contributed by atoms with E-state index in [1.54, 1.807) is 0 Å². The molecule has 0 aliphatic heterocycles. The third-order valence-corrected chi connectivity index (χ3v) is 4.85. The van der Waals surface area contributed by atoms with Gasteiger partial charge < -0.3 is 5.11 Å². The molecule has 98 valence electrons. The highest BCUT2D eigenvalue weighted by Crippen LogP contribution is 2.19. The number of hydrogen-bond acceptors (Lipinski definition) is 5. The monoisotopic (exact) mass is 288 g/mol. The van der Waals surface area contributed by atoms with Crippen molar-refractivity contribution in [2.45, 2.75) is 23.5 Å². The summed E-state index contributed by atoms with van der Waals surface area (Å²) in [6.07, 6.45) is 6.97. The predicted octanol–water partition coefficient (Wildman–Crippen LogP) is 0.923. The van der Waals surface area contributed by atoms with Crippen LogP contribution >= 0.6 is 11.3 Å². The summed E-state index contributed by atoms with van der Waals surface area (Å²) in [5.74, 6) is 1.10. The van der Waals surface area contributed by atoms with Gasteiger partial charge in [0.25, 0.3) is 10.0 Å². The molecule has 0 spiro atoms. The van der Waals surface area contributed by atoms with E-state index >= 15 is 0 Å². The highest BCUT2D eigenvalue weighted by atomic mass is 32.2. The van der Waals surface area contributed by atoms with Crippen LogP contribution in [0.5, 0.6) is 0 Å². The second-order valence-corrected chi connectivity index (χ2v) is 6.17. The summed E-state index contributed by atoms with van der Waals surface area (Å²) >= 11 is 0.778. The van der Waals surface area contributed by atoms with Crippen molar-refractivity contribution < 1.29 is 18.3 Å². The fourth-order valence-electron chi connectivity index (χ4n) is 1.19. The molecule has 8 heteroatoms. The van der Waals surface area contributed by atoms with Gasteiger partial charge in [0, 0.05) is 13.0 Å². The van der Waals surface area contributed by atoms with Crippen molar-refractivity contribution in [3.05, 3.63) is 11.2 Å². The smallest absolute Gasteiger partial charge is 0.356 e. The summed E-state index contributed by atoms with van der Waals surface area (Å²) in [6, 6.07) is 0. The third kappa shape index (κ3) is 3.80. The SMILES string of the molecule is C#CCCCCNS(=O)(=O)c1scnc1C(=O)O. The molecule has 0 aromatic carbocycles. The second kappa shape index (κ2) is 6.49. The number of carboxylic acids is 1. The Balaban J connectivity index is 2.67. The second-order valence-electron chi connectivity index (χ2n) is 3.35. The number of sulfonamides is 1. The molecule has 18 heavy (non-hydrogen) atoms. The number of rotatable bonds is 7. The molecule has 0 bridgehead atoms. The summed E-state index contributed by atoms with van der Waals surface area (Å²) in [4.78, 5) is 14.3. The average Bonchev–Trinajstić information content (AvgIpc) is 2.78. The summed E-state index contributed by atoms with van der Waals surface area (Å²) in [6.45, 7) is 0.223. The third-order valence-electron chi connectivity index (χ3n) is 2.02. The molecule has 0 atom stereocenters. The van der Waals surface area contributed by atoms with Gasteiger partial charge in [-0.2, -0.15) is 0 Å². The maximum atomic E-state index is 11.8. The van der Waals surface area contributed by atoms with Crippen molar-refractivity contribution in [2.75, 3.05) is 6.54 Å². The van der Waals surface area contributed by atoms with Crippen molar-refractivity contribution in [2.24, 2.45) is 0 Å². The van der Waals surface area contributed by atoms with Gasteiger partial charge in [-0.25, -0.2) is 22.9 Å². The topological polar surface area (TPSA) is 96.4 Å². The van der Waals surface area contributed by atoms with E-state index in [0.29, 0.717) is 19.3 Å². The lowest BCUT2D eigenvalue weighted by Crippen LogP contribution is -2.25. The van der Waals surface area contributed by atoms with Crippen LogP contribution in [-0.4, -0.2) is 31.0 Å². The number of unbranched alkanes of at least 4 members (excludes halogenated alkanes) is 2. The average molecular weight is 288 g/mol. The first-order chi connectivity index (χ1) is 8.49. The van der Waals surface area contributed by atoms with Crippen LogP contribution in [0.1, 0.15) is 29.8 Å². The molecule has 0 amide bonds. The highest BCUT2D eigenvalue weighted by molar-refractivity contribution is 7.91. The molecule has 0 saturated heterocycles. The summed E-state index contributed by atoms with van der Waals surface area (Å²) < 4.78 is 25.7. The number of aromatic nitrogens is 1. The van der Waals surface area contributed by atoms with Crippen molar-refractivity contribution in [3.8, 4) is 12.3 Å². The Bertz CT molecular complexity index is 557. The van der Waals surface area contributed by atoms with Crippen LogP contribution in [0.3, 0.4) is 0 Å². The zero-order valence-electron chi connectivity index (χ0n) is 9.42. The molecule has 0 aliphatic rings. The molecular weight excluding hydrogens is 276 g/mol. The fraction of sp³-hybridized carbons (Fsp3) is 0.400. The Labute approximate surface area is 109 Å². The fourth-order valence-corrected chi connectivity index (χ4v) is 3.45. The van der Waals surface area contributed by atoms with Crippen LogP contribution in [0.4, 0.5) is 0 Å². The lowest BCUT2D eigenvalue weighted by Gasteiger charge is -2.04. The van der Waals surface area contributed by atoms with Crippen LogP contribution in [-0.2, 0) is 10.0 Å². The molecule has 0 aliphatic carbocycles. The molecule has 1 aromatic heterocycles. The lowest BCUT2D eigenvalue weighted by molar-refractivity contribution is 0.0687. The minimum Gasteiger partial charge on any atom is -0.476 e. The highest BCUT2D eigenvalue weighted by Gasteiger charge is 2.24. The molecule has 0 unspecified atom stereocenters. The van der Waals surface area contributed by atoms with Crippen molar-refractivity contribution in [3.63, 3.8) is 0 Å². The van der Waals surface area contributed by atoms with E-state index in [-0.39, 0.29) is 10.8 Å². The van der Waals surface area contributed by atoms with Crippen LogP contribution < -0.4 is 4.72 Å². The number of aromatic carboxylic acids is 1. The van der Waals surface area contributed by atoms with Crippen LogP contribution in [0.2, 0.25) is 0 Å². The standard InChI is InChI=1S/C10H12N2O4S2/c1-2-3-4-5-6-12-18(15,16)10-8(9(13)14)11-7-17-10/h1,7,12H,3-6H2,(H,13,14). The van der Waals surface area contributed by atoms with E-state index in [2.05, 4.69) is 15.6 Å². The van der Waals surface area contributed by atoms with Crippen molar-refractivity contribution >= 4 is 27.3 Å². The first-order valence-electron chi connectivity index (χ1n) is 5.09. The van der Waals surface area contributed by atoms with E-state index in [1.807, 2.05) is 0 Å². The van der Waals surface area contributed by atoms with Gasteiger partial charge in [0.2, 0.25) is 0 Å². The van der Waals surface area contributed by atoms with E-state index in [0.717, 1.165) is 11.3 Å². The minimum atomic E-state index is -3.81. The van der Waals surface area contributed by atoms with Gasteiger partial charge >= 0.3 is 5.97 Å². The van der Waals surface area contributed by atoms with Crippen molar-refractivity contribution in [1.29, 1.82) is 0 Å². The number of nitrogens with zero attached hydrogens (tertiary/aromatic N) is 1. The number of terminal acetylenes is 1. The van der Waals surface area contributed by atoms with Gasteiger partial charge in [0.1, 0.15) is 0 Å². The van der Waals surface area contributed by atoms with E-state index in [9.17, 15) is 13.2 Å². The number of thiazole rings is 1. The van der Waals surface area contributed by atoms with Gasteiger partial charge in [0.05, 0.1) is 5.51 Å². The summed E-state index contributed by atoms with van der Waals surface area (Å²) in [7, 11) is -3.81. The van der Waals surface area contributed by atoms with Crippen LogP contribution in [0, 0.1) is 12.3 Å². The normalized spacial score (nSPS) is 11.1. The minimum absolute atomic E-state index is 0.223. The molecule has 6 nitrogen and oxygen atoms in total. The summed E-state index contributed by atoms with van der Waals surface area (Å²) in [5.41, 5.74) is 0.743. The molecule has 1 aromatic rings. The zero-order chi connectivity index (χ0) is 13.6. The molecule has 0 radical (unpaired) electrons. The Hall–Kier alpha value is -1.43. The summed E-state index contributed by atoms with van der Waals surface area (Å²) in [5, 5.41) is 8.79. The molecule has 1 heterocycles. The number of carbonyl (C=O) groups is 1. The van der Waals surface area contributed by atoms with Gasteiger partial charge in [-0.3, -0.25) is 0 Å². The molecule has 2 N–H and O–H groups in total. The molecular formula is C10H12N2O4S2. The van der Waals surface area contributed by atoms with Crippen LogP contribution in [0.15, 0.2) is 9.72 Å². The quantitative estimate of drug-likeness (QED) is 0.574. The van der Waals surface area contributed by atoms with Gasteiger partial charge in [0.15, 0.2) is 9.90 Å². The van der Waals surface area contributed by atoms with Crippen LogP contribution in [0.25, 0.3) is 0 Å². The molecule has 1 rings (SSSR count). The van der Waals surface area contributed by atoms with Gasteiger partial charge in [-0.15, -0.1) is 23.7 Å². The number of carboxylic acid groups (broad SMARTS) is 1. The van der Waals surface area contributed by atoms with E-state index < -0.39 is 21.7 Å².